The number of hydrogen-bond acceptors (Lipinski definition) is 3. The highest BCUT2D eigenvalue weighted by atomic mass is 19.4. The van der Waals surface area contributed by atoms with E-state index < -0.39 is 17.3 Å². The molecule has 0 aromatic heterocycles. The van der Waals surface area contributed by atoms with E-state index in [1.54, 1.807) is 0 Å². The van der Waals surface area contributed by atoms with Crippen LogP contribution in [0.4, 0.5) is 18.9 Å². The van der Waals surface area contributed by atoms with Gasteiger partial charge in [-0.25, -0.2) is 0 Å². The summed E-state index contributed by atoms with van der Waals surface area (Å²) in [6, 6.07) is 3.50. The Morgan fingerprint density at radius 3 is 2.68 bits per heavy atom. The smallest absolute Gasteiger partial charge is 0.420 e. The van der Waals surface area contributed by atoms with Crippen molar-refractivity contribution in [2.45, 2.75) is 51.3 Å². The average Bonchev–Trinajstić information content (AvgIpc) is 2.54. The van der Waals surface area contributed by atoms with Gasteiger partial charge in [-0.05, 0) is 50.3 Å². The number of carbonyl (C=O) groups is 1. The molecule has 1 N–H and O–H groups in total. The Labute approximate surface area is 145 Å². The zero-order chi connectivity index (χ0) is 18.7. The van der Waals surface area contributed by atoms with Crippen LogP contribution < -0.4 is 10.1 Å². The maximum absolute atomic E-state index is 13.1. The van der Waals surface area contributed by atoms with Crippen molar-refractivity contribution in [3.63, 3.8) is 0 Å². The highest BCUT2D eigenvalue weighted by Gasteiger charge is 2.43. The summed E-state index contributed by atoms with van der Waals surface area (Å²) in [4.78, 5) is 12.8. The fourth-order valence-electron chi connectivity index (χ4n) is 3.43. The standard InChI is InChI=1S/C18H24F3NO3/c1-4-25-17(9-5-6-12(2)11-17)16(23)22-13-7-8-15(24-3)14(10-13)18(19,20)21/h7-8,10,12H,4-6,9,11H2,1-3H3,(H,22,23)/t12-,17+/m1/s1. The SMILES string of the molecule is CCO[C@@]1(C(=O)Nc2ccc(OC)c(C(F)(F)F)c2)CCC[C@@H](C)C1. The van der Waals surface area contributed by atoms with E-state index in [0.29, 0.717) is 25.4 Å². The average molecular weight is 359 g/mol. The molecule has 1 aliphatic rings. The summed E-state index contributed by atoms with van der Waals surface area (Å²) in [6.07, 6.45) is -1.56. The molecule has 0 bridgehead atoms. The highest BCUT2D eigenvalue weighted by molar-refractivity contribution is 5.97. The van der Waals surface area contributed by atoms with E-state index in [4.69, 9.17) is 9.47 Å². The number of methoxy groups -OCH3 is 1. The quantitative estimate of drug-likeness (QED) is 0.833. The molecule has 1 aliphatic carbocycles. The minimum atomic E-state index is -4.57. The fraction of sp³-hybridized carbons (Fsp3) is 0.611. The summed E-state index contributed by atoms with van der Waals surface area (Å²) in [7, 11) is 1.18. The van der Waals surface area contributed by atoms with Gasteiger partial charge in [-0.1, -0.05) is 13.3 Å². The summed E-state index contributed by atoms with van der Waals surface area (Å²) in [6.45, 7) is 4.23. The van der Waals surface area contributed by atoms with Gasteiger partial charge >= 0.3 is 6.18 Å². The predicted octanol–water partition coefficient (Wildman–Crippen LogP) is 4.64. The van der Waals surface area contributed by atoms with Gasteiger partial charge in [0.2, 0.25) is 0 Å². The number of amides is 1. The Bertz CT molecular complexity index is 614. The number of rotatable bonds is 5. The fourth-order valence-corrected chi connectivity index (χ4v) is 3.43. The number of nitrogens with one attached hydrogen (secondary N) is 1. The number of carbonyl (C=O) groups excluding carboxylic acids is 1. The second-order valence-electron chi connectivity index (χ2n) is 6.50. The topological polar surface area (TPSA) is 47.6 Å². The Balaban J connectivity index is 2.26. The van der Waals surface area contributed by atoms with Gasteiger partial charge in [-0.15, -0.1) is 0 Å². The summed E-state index contributed by atoms with van der Waals surface area (Å²) >= 11 is 0. The zero-order valence-corrected chi connectivity index (χ0v) is 14.7. The first-order valence-electron chi connectivity index (χ1n) is 8.42. The van der Waals surface area contributed by atoms with Crippen molar-refractivity contribution in [2.24, 2.45) is 5.92 Å². The van der Waals surface area contributed by atoms with Gasteiger partial charge in [0.1, 0.15) is 11.4 Å². The van der Waals surface area contributed by atoms with Crippen molar-refractivity contribution < 1.29 is 27.4 Å². The van der Waals surface area contributed by atoms with Gasteiger partial charge in [0.05, 0.1) is 12.7 Å². The van der Waals surface area contributed by atoms with Crippen molar-refractivity contribution in [3.8, 4) is 5.75 Å². The molecular formula is C18H24F3NO3. The van der Waals surface area contributed by atoms with Crippen LogP contribution in [-0.2, 0) is 15.7 Å². The van der Waals surface area contributed by atoms with Crippen LogP contribution in [0.2, 0.25) is 0 Å². The molecule has 0 heterocycles. The van der Waals surface area contributed by atoms with Crippen LogP contribution in [0.1, 0.15) is 45.1 Å². The van der Waals surface area contributed by atoms with Crippen LogP contribution in [0.5, 0.6) is 5.75 Å². The van der Waals surface area contributed by atoms with Crippen molar-refractivity contribution in [2.75, 3.05) is 19.0 Å². The van der Waals surface area contributed by atoms with Crippen LogP contribution in [0.25, 0.3) is 0 Å². The molecule has 140 valence electrons. The van der Waals surface area contributed by atoms with Crippen molar-refractivity contribution >= 4 is 11.6 Å². The van der Waals surface area contributed by atoms with E-state index in [1.165, 1.54) is 19.2 Å². The third-order valence-electron chi connectivity index (χ3n) is 4.55. The lowest BCUT2D eigenvalue weighted by atomic mass is 9.78. The first-order valence-corrected chi connectivity index (χ1v) is 8.42. The van der Waals surface area contributed by atoms with E-state index in [2.05, 4.69) is 12.2 Å². The summed E-state index contributed by atoms with van der Waals surface area (Å²) < 4.78 is 49.9. The zero-order valence-electron chi connectivity index (χ0n) is 14.7. The molecule has 1 fully saturated rings. The lowest BCUT2D eigenvalue weighted by Crippen LogP contribution is -2.48. The molecule has 2 rings (SSSR count). The van der Waals surface area contributed by atoms with Gasteiger partial charge in [0, 0.05) is 12.3 Å². The second kappa shape index (κ2) is 7.64. The maximum Gasteiger partial charge on any atom is 0.420 e. The van der Waals surface area contributed by atoms with Gasteiger partial charge < -0.3 is 14.8 Å². The molecule has 0 unspecified atom stereocenters. The number of halogens is 3. The number of hydrogen-bond donors (Lipinski definition) is 1. The molecule has 1 aromatic rings. The van der Waals surface area contributed by atoms with E-state index in [9.17, 15) is 18.0 Å². The molecular weight excluding hydrogens is 335 g/mol. The molecule has 1 amide bonds. The van der Waals surface area contributed by atoms with Crippen LogP contribution in [0, 0.1) is 5.92 Å². The predicted molar refractivity (Wildman–Crippen MR) is 88.6 cm³/mol. The van der Waals surface area contributed by atoms with Crippen LogP contribution in [0.15, 0.2) is 18.2 Å². The molecule has 25 heavy (non-hydrogen) atoms. The summed E-state index contributed by atoms with van der Waals surface area (Å²) in [5, 5.41) is 2.60. The van der Waals surface area contributed by atoms with Crippen LogP contribution in [-0.4, -0.2) is 25.2 Å². The third-order valence-corrected chi connectivity index (χ3v) is 4.55. The largest absolute Gasteiger partial charge is 0.496 e. The van der Waals surface area contributed by atoms with Crippen LogP contribution >= 0.6 is 0 Å². The number of benzene rings is 1. The number of alkyl halides is 3. The van der Waals surface area contributed by atoms with E-state index in [1.807, 2.05) is 6.92 Å². The van der Waals surface area contributed by atoms with E-state index in [-0.39, 0.29) is 17.3 Å². The normalized spacial score (nSPS) is 24.0. The first kappa shape index (κ1) is 19.6. The Kier molecular flexibility index (Phi) is 5.98. The molecule has 2 atom stereocenters. The Morgan fingerprint density at radius 1 is 1.40 bits per heavy atom. The molecule has 0 spiro atoms. The Hall–Kier alpha value is -1.76. The molecule has 0 saturated heterocycles. The first-order chi connectivity index (χ1) is 11.7. The molecule has 7 heteroatoms. The van der Waals surface area contributed by atoms with Crippen molar-refractivity contribution in [1.82, 2.24) is 0 Å². The number of anilines is 1. The van der Waals surface area contributed by atoms with Gasteiger partial charge in [0.25, 0.3) is 5.91 Å². The minimum Gasteiger partial charge on any atom is -0.496 e. The summed E-state index contributed by atoms with van der Waals surface area (Å²) in [5.74, 6) is -0.344. The summed E-state index contributed by atoms with van der Waals surface area (Å²) in [5.41, 5.74) is -1.82. The van der Waals surface area contributed by atoms with E-state index in [0.717, 1.165) is 18.9 Å². The van der Waals surface area contributed by atoms with Crippen molar-refractivity contribution in [3.05, 3.63) is 23.8 Å². The maximum atomic E-state index is 13.1. The minimum absolute atomic E-state index is 0.0791. The molecule has 1 aromatic carbocycles. The molecule has 0 radical (unpaired) electrons. The number of ether oxygens (including phenoxy) is 2. The lowest BCUT2D eigenvalue weighted by molar-refractivity contribution is -0.148. The lowest BCUT2D eigenvalue weighted by Gasteiger charge is -2.38. The van der Waals surface area contributed by atoms with Gasteiger partial charge in [0.15, 0.2) is 0 Å². The molecule has 1 saturated carbocycles. The molecule has 0 aliphatic heterocycles. The van der Waals surface area contributed by atoms with Gasteiger partial charge in [-0.3, -0.25) is 4.79 Å². The highest BCUT2D eigenvalue weighted by Crippen LogP contribution is 2.39. The van der Waals surface area contributed by atoms with Crippen molar-refractivity contribution in [1.29, 1.82) is 0 Å². The molecule has 4 nitrogen and oxygen atoms in total. The second-order valence-corrected chi connectivity index (χ2v) is 6.50. The van der Waals surface area contributed by atoms with E-state index >= 15 is 0 Å². The third kappa shape index (κ3) is 4.45. The Morgan fingerprint density at radius 2 is 2.12 bits per heavy atom. The van der Waals surface area contributed by atoms with Crippen LogP contribution in [0.3, 0.4) is 0 Å². The monoisotopic (exact) mass is 359 g/mol. The van der Waals surface area contributed by atoms with Gasteiger partial charge in [-0.2, -0.15) is 13.2 Å².